The lowest BCUT2D eigenvalue weighted by Crippen LogP contribution is -2.32. The van der Waals surface area contributed by atoms with Crippen LogP contribution in [0.3, 0.4) is 0 Å². The van der Waals surface area contributed by atoms with E-state index in [4.69, 9.17) is 9.26 Å². The minimum Gasteiger partial charge on any atom is -0.381 e. The molecule has 1 aromatic rings. The molecule has 0 aliphatic carbocycles. The normalized spacial score (nSPS) is 26.8. The van der Waals surface area contributed by atoms with Crippen LogP contribution >= 0.6 is 0 Å². The van der Waals surface area contributed by atoms with E-state index >= 15 is 0 Å². The number of ether oxygens (including phenoxy) is 1. The molecule has 2 fully saturated rings. The number of piperidine rings is 1. The van der Waals surface area contributed by atoms with Crippen molar-refractivity contribution in [1.82, 2.24) is 15.0 Å². The zero-order chi connectivity index (χ0) is 12.4. The van der Waals surface area contributed by atoms with Crippen molar-refractivity contribution in [3.8, 4) is 0 Å². The molecule has 2 aliphatic heterocycles. The summed E-state index contributed by atoms with van der Waals surface area (Å²) in [6.45, 7) is 7.21. The topological polar surface area (TPSA) is 51.4 Å². The fourth-order valence-electron chi connectivity index (χ4n) is 2.81. The second-order valence-corrected chi connectivity index (χ2v) is 5.26. The summed E-state index contributed by atoms with van der Waals surface area (Å²) in [6, 6.07) is 0. The second-order valence-electron chi connectivity index (χ2n) is 5.26. The molecular formula is C13H21N3O2. The first-order valence-corrected chi connectivity index (χ1v) is 7.00. The molecule has 1 unspecified atom stereocenters. The third-order valence-corrected chi connectivity index (χ3v) is 4.14. The monoisotopic (exact) mass is 251 g/mol. The Kier molecular flexibility index (Phi) is 3.61. The van der Waals surface area contributed by atoms with E-state index in [0.29, 0.717) is 11.8 Å². The van der Waals surface area contributed by atoms with Gasteiger partial charge in [-0.15, -0.1) is 0 Å². The standard InChI is InChI=1S/C13H21N3O2/c1-2-16-6-3-10(4-7-16)13-14-12(15-18-13)11-5-8-17-9-11/h10-11H,2-9H2,1H3. The van der Waals surface area contributed by atoms with Gasteiger partial charge in [-0.3, -0.25) is 0 Å². The van der Waals surface area contributed by atoms with Crippen LogP contribution in [-0.4, -0.2) is 47.9 Å². The van der Waals surface area contributed by atoms with Gasteiger partial charge in [0.25, 0.3) is 0 Å². The van der Waals surface area contributed by atoms with Gasteiger partial charge in [-0.1, -0.05) is 12.1 Å². The maximum absolute atomic E-state index is 5.45. The molecule has 3 rings (SSSR count). The van der Waals surface area contributed by atoms with Crippen LogP contribution in [0.5, 0.6) is 0 Å². The highest BCUT2D eigenvalue weighted by atomic mass is 16.5. The van der Waals surface area contributed by atoms with E-state index in [0.717, 1.165) is 63.8 Å². The molecular weight excluding hydrogens is 230 g/mol. The first-order valence-electron chi connectivity index (χ1n) is 7.00. The lowest BCUT2D eigenvalue weighted by molar-refractivity contribution is 0.192. The number of rotatable bonds is 3. The Morgan fingerprint density at radius 2 is 2.06 bits per heavy atom. The molecule has 2 saturated heterocycles. The van der Waals surface area contributed by atoms with Crippen LogP contribution in [0.15, 0.2) is 4.52 Å². The largest absolute Gasteiger partial charge is 0.381 e. The molecule has 100 valence electrons. The molecule has 3 heterocycles. The smallest absolute Gasteiger partial charge is 0.229 e. The van der Waals surface area contributed by atoms with Gasteiger partial charge in [-0.25, -0.2) is 0 Å². The van der Waals surface area contributed by atoms with Crippen molar-refractivity contribution in [3.05, 3.63) is 11.7 Å². The van der Waals surface area contributed by atoms with Gasteiger partial charge < -0.3 is 14.2 Å². The Labute approximate surface area is 107 Å². The summed E-state index contributed by atoms with van der Waals surface area (Å²) in [5, 5.41) is 4.13. The highest BCUT2D eigenvalue weighted by Crippen LogP contribution is 2.29. The predicted molar refractivity (Wildman–Crippen MR) is 66.6 cm³/mol. The van der Waals surface area contributed by atoms with Gasteiger partial charge in [0.05, 0.1) is 6.61 Å². The third kappa shape index (κ3) is 2.42. The number of likely N-dealkylation sites (tertiary alicyclic amines) is 1. The molecule has 1 atom stereocenters. The van der Waals surface area contributed by atoms with Gasteiger partial charge in [-0.05, 0) is 38.9 Å². The summed E-state index contributed by atoms with van der Waals surface area (Å²) in [4.78, 5) is 7.06. The molecule has 0 saturated carbocycles. The molecule has 18 heavy (non-hydrogen) atoms. The SMILES string of the molecule is CCN1CCC(c2nc(C3CCOC3)no2)CC1. The molecule has 1 aromatic heterocycles. The predicted octanol–water partition coefficient (Wildman–Crippen LogP) is 1.77. The maximum atomic E-state index is 5.45. The summed E-state index contributed by atoms with van der Waals surface area (Å²) in [6.07, 6.45) is 3.29. The molecule has 0 spiro atoms. The summed E-state index contributed by atoms with van der Waals surface area (Å²) >= 11 is 0. The Hall–Kier alpha value is -0.940. The van der Waals surface area contributed by atoms with Crippen LogP contribution in [0.1, 0.15) is 49.7 Å². The van der Waals surface area contributed by atoms with E-state index in [1.807, 2.05) is 0 Å². The minimum absolute atomic E-state index is 0.346. The summed E-state index contributed by atoms with van der Waals surface area (Å²) < 4.78 is 10.8. The van der Waals surface area contributed by atoms with Crippen molar-refractivity contribution >= 4 is 0 Å². The van der Waals surface area contributed by atoms with Gasteiger partial charge >= 0.3 is 0 Å². The first kappa shape index (κ1) is 12.1. The van der Waals surface area contributed by atoms with Crippen LogP contribution in [-0.2, 0) is 4.74 Å². The van der Waals surface area contributed by atoms with Gasteiger partial charge in [0.1, 0.15) is 0 Å². The molecule has 2 aliphatic rings. The van der Waals surface area contributed by atoms with Gasteiger partial charge in [-0.2, -0.15) is 4.98 Å². The van der Waals surface area contributed by atoms with Gasteiger partial charge in [0.15, 0.2) is 5.82 Å². The summed E-state index contributed by atoms with van der Waals surface area (Å²) in [5.74, 6) is 2.49. The fraction of sp³-hybridized carbons (Fsp3) is 0.846. The number of hydrogen-bond acceptors (Lipinski definition) is 5. The van der Waals surface area contributed by atoms with Gasteiger partial charge in [0, 0.05) is 18.4 Å². The molecule has 5 nitrogen and oxygen atoms in total. The zero-order valence-corrected chi connectivity index (χ0v) is 11.0. The molecule has 0 bridgehead atoms. The van der Waals surface area contributed by atoms with Crippen LogP contribution < -0.4 is 0 Å². The maximum Gasteiger partial charge on any atom is 0.229 e. The molecule has 0 aromatic carbocycles. The Morgan fingerprint density at radius 1 is 1.22 bits per heavy atom. The fourth-order valence-corrected chi connectivity index (χ4v) is 2.81. The Morgan fingerprint density at radius 3 is 2.72 bits per heavy atom. The van der Waals surface area contributed by atoms with Crippen LogP contribution in [0, 0.1) is 0 Å². The first-order chi connectivity index (χ1) is 8.86. The quantitative estimate of drug-likeness (QED) is 0.819. The second kappa shape index (κ2) is 5.36. The van der Waals surface area contributed by atoms with E-state index in [2.05, 4.69) is 22.0 Å². The summed E-state index contributed by atoms with van der Waals surface area (Å²) in [7, 11) is 0. The molecule has 0 amide bonds. The number of hydrogen-bond donors (Lipinski definition) is 0. The van der Waals surface area contributed by atoms with Crippen molar-refractivity contribution in [2.24, 2.45) is 0 Å². The van der Waals surface area contributed by atoms with E-state index in [9.17, 15) is 0 Å². The van der Waals surface area contributed by atoms with Crippen molar-refractivity contribution in [1.29, 1.82) is 0 Å². The number of aromatic nitrogens is 2. The number of nitrogens with zero attached hydrogens (tertiary/aromatic N) is 3. The average molecular weight is 251 g/mol. The minimum atomic E-state index is 0.346. The lowest BCUT2D eigenvalue weighted by Gasteiger charge is -2.28. The highest BCUT2D eigenvalue weighted by Gasteiger charge is 2.27. The van der Waals surface area contributed by atoms with Crippen molar-refractivity contribution < 1.29 is 9.26 Å². The van der Waals surface area contributed by atoms with E-state index < -0.39 is 0 Å². The Bertz CT molecular complexity index is 379. The van der Waals surface area contributed by atoms with Crippen molar-refractivity contribution in [3.63, 3.8) is 0 Å². The molecule has 5 heteroatoms. The van der Waals surface area contributed by atoms with E-state index in [1.54, 1.807) is 0 Å². The third-order valence-electron chi connectivity index (χ3n) is 4.14. The van der Waals surface area contributed by atoms with E-state index in [-0.39, 0.29) is 0 Å². The van der Waals surface area contributed by atoms with Crippen LogP contribution in [0.4, 0.5) is 0 Å². The highest BCUT2D eigenvalue weighted by molar-refractivity contribution is 5.01. The van der Waals surface area contributed by atoms with Crippen LogP contribution in [0.2, 0.25) is 0 Å². The van der Waals surface area contributed by atoms with Crippen LogP contribution in [0.25, 0.3) is 0 Å². The van der Waals surface area contributed by atoms with Crippen molar-refractivity contribution in [2.45, 2.75) is 38.0 Å². The van der Waals surface area contributed by atoms with Gasteiger partial charge in [0.2, 0.25) is 5.89 Å². The zero-order valence-electron chi connectivity index (χ0n) is 11.0. The summed E-state index contributed by atoms with van der Waals surface area (Å²) in [5.41, 5.74) is 0. The molecule has 0 N–H and O–H groups in total. The van der Waals surface area contributed by atoms with E-state index in [1.165, 1.54) is 0 Å². The van der Waals surface area contributed by atoms with Crippen molar-refractivity contribution in [2.75, 3.05) is 32.8 Å². The molecule has 0 radical (unpaired) electrons. The lowest BCUT2D eigenvalue weighted by atomic mass is 9.97. The average Bonchev–Trinajstić information content (AvgIpc) is 3.09. The Balaban J connectivity index is 1.62.